The molecule has 0 bridgehead atoms. The molecule has 0 saturated heterocycles. The zero-order valence-electron chi connectivity index (χ0n) is 19.9. The van der Waals surface area contributed by atoms with Crippen LogP contribution in [0.1, 0.15) is 34.3 Å². The molecule has 2 aromatic rings. The zero-order chi connectivity index (χ0) is 26.1. The van der Waals surface area contributed by atoms with Crippen LogP contribution in [0, 0.1) is 23.7 Å². The van der Waals surface area contributed by atoms with Crippen LogP contribution in [0.25, 0.3) is 0 Å². The fourth-order valence-corrected chi connectivity index (χ4v) is 6.26. The van der Waals surface area contributed by atoms with Crippen LogP contribution in [0.15, 0.2) is 30.6 Å². The van der Waals surface area contributed by atoms with E-state index in [2.05, 4.69) is 0 Å². The minimum absolute atomic E-state index is 0.00536. The highest BCUT2D eigenvalue weighted by molar-refractivity contribution is 6.31. The summed E-state index contributed by atoms with van der Waals surface area (Å²) in [6, 6.07) is 5.48. The molecule has 0 aliphatic heterocycles. The SMILES string of the molecule is CN(C)c1cc(Cn2cccc2)c(O)c2c1CC1CC3CC(=O)C(C(N)=O)C(=O)[C@@]3(O)C(=O)C1C2=O. The van der Waals surface area contributed by atoms with Gasteiger partial charge in [0, 0.05) is 50.1 Å². The largest absolute Gasteiger partial charge is 0.507 e. The Morgan fingerprint density at radius 3 is 2.42 bits per heavy atom. The minimum Gasteiger partial charge on any atom is -0.507 e. The molecule has 36 heavy (non-hydrogen) atoms. The summed E-state index contributed by atoms with van der Waals surface area (Å²) in [6.45, 7) is 0.287. The minimum atomic E-state index is -2.65. The lowest BCUT2D eigenvalue weighted by Crippen LogP contribution is -2.68. The maximum Gasteiger partial charge on any atom is 0.235 e. The predicted molar refractivity (Wildman–Crippen MR) is 126 cm³/mol. The number of rotatable bonds is 4. The molecule has 5 rings (SSSR count). The number of phenolic OH excluding ortho intramolecular Hbond substituents is 1. The van der Waals surface area contributed by atoms with Crippen molar-refractivity contribution in [3.05, 3.63) is 47.3 Å². The number of anilines is 1. The van der Waals surface area contributed by atoms with Crippen molar-refractivity contribution < 1.29 is 34.2 Å². The molecule has 188 valence electrons. The van der Waals surface area contributed by atoms with Crippen molar-refractivity contribution in [1.29, 1.82) is 0 Å². The summed E-state index contributed by atoms with van der Waals surface area (Å²) in [5.74, 6) is -10.0. The second-order valence-electron chi connectivity index (χ2n) is 10.2. The zero-order valence-corrected chi connectivity index (χ0v) is 19.9. The maximum absolute atomic E-state index is 13.8. The van der Waals surface area contributed by atoms with E-state index in [-0.39, 0.29) is 37.1 Å². The molecule has 3 aliphatic carbocycles. The molecule has 3 aliphatic rings. The van der Waals surface area contributed by atoms with E-state index in [0.717, 1.165) is 5.69 Å². The summed E-state index contributed by atoms with van der Waals surface area (Å²) in [7, 11) is 3.63. The Morgan fingerprint density at radius 1 is 1.14 bits per heavy atom. The van der Waals surface area contributed by atoms with Gasteiger partial charge in [0.05, 0.1) is 18.0 Å². The number of aromatic hydroxyl groups is 1. The summed E-state index contributed by atoms with van der Waals surface area (Å²) in [5, 5.41) is 22.5. The van der Waals surface area contributed by atoms with Crippen molar-refractivity contribution in [2.24, 2.45) is 29.4 Å². The smallest absolute Gasteiger partial charge is 0.235 e. The number of aromatic nitrogens is 1. The first-order valence-corrected chi connectivity index (χ1v) is 11.8. The number of amides is 1. The molecular weight excluding hydrogens is 466 g/mol. The number of Topliss-reactive ketones (excluding diaryl/α,β-unsaturated/α-hetero) is 4. The average Bonchev–Trinajstić information content (AvgIpc) is 3.30. The Hall–Kier alpha value is -3.79. The number of carbonyl (C=O) groups excluding carboxylic acids is 5. The molecule has 1 heterocycles. The fourth-order valence-electron chi connectivity index (χ4n) is 6.26. The number of ketones is 4. The highest BCUT2D eigenvalue weighted by Crippen LogP contribution is 2.51. The summed E-state index contributed by atoms with van der Waals surface area (Å²) in [4.78, 5) is 66.6. The lowest BCUT2D eigenvalue weighted by Gasteiger charge is -2.48. The molecule has 0 spiro atoms. The van der Waals surface area contributed by atoms with Crippen molar-refractivity contribution in [3.8, 4) is 5.75 Å². The summed E-state index contributed by atoms with van der Waals surface area (Å²) in [5.41, 5.74) is 4.36. The van der Waals surface area contributed by atoms with Crippen LogP contribution >= 0.6 is 0 Å². The van der Waals surface area contributed by atoms with E-state index in [1.54, 1.807) is 0 Å². The Morgan fingerprint density at radius 2 is 1.81 bits per heavy atom. The molecule has 2 saturated carbocycles. The Labute approximate surface area is 206 Å². The fraction of sp³-hybridized carbons (Fsp3) is 0.423. The van der Waals surface area contributed by atoms with Crippen molar-refractivity contribution in [2.75, 3.05) is 19.0 Å². The van der Waals surface area contributed by atoms with Crippen LogP contribution in [0.4, 0.5) is 5.69 Å². The number of nitrogens with two attached hydrogens (primary N) is 1. The first-order valence-electron chi connectivity index (χ1n) is 11.8. The Balaban J connectivity index is 1.61. The van der Waals surface area contributed by atoms with Crippen LogP contribution in [-0.4, -0.2) is 63.5 Å². The van der Waals surface area contributed by atoms with Gasteiger partial charge in [-0.25, -0.2) is 0 Å². The molecule has 4 unspecified atom stereocenters. The van der Waals surface area contributed by atoms with Crippen molar-refractivity contribution >= 4 is 34.7 Å². The number of fused-ring (bicyclic) bond motifs is 3. The molecule has 1 aromatic heterocycles. The van der Waals surface area contributed by atoms with E-state index in [0.29, 0.717) is 11.1 Å². The van der Waals surface area contributed by atoms with E-state index in [4.69, 9.17) is 5.73 Å². The van der Waals surface area contributed by atoms with Gasteiger partial charge in [-0.05, 0) is 42.5 Å². The first kappa shape index (κ1) is 23.9. The molecule has 5 atom stereocenters. The Bertz CT molecular complexity index is 1330. The average molecular weight is 494 g/mol. The molecule has 10 nitrogen and oxygen atoms in total. The van der Waals surface area contributed by atoms with E-state index in [1.807, 2.05) is 54.2 Å². The van der Waals surface area contributed by atoms with Crippen molar-refractivity contribution in [2.45, 2.75) is 31.4 Å². The number of aliphatic hydroxyl groups is 1. The van der Waals surface area contributed by atoms with Gasteiger partial charge in [-0.2, -0.15) is 0 Å². The first-order chi connectivity index (χ1) is 17.0. The lowest BCUT2D eigenvalue weighted by atomic mass is 9.53. The van der Waals surface area contributed by atoms with Crippen LogP contribution in [0.2, 0.25) is 0 Å². The third-order valence-electron chi connectivity index (χ3n) is 7.96. The Kier molecular flexibility index (Phi) is 5.40. The van der Waals surface area contributed by atoms with Crippen LogP contribution in [0.3, 0.4) is 0 Å². The summed E-state index contributed by atoms with van der Waals surface area (Å²) in [6.07, 6.45) is 3.60. The van der Waals surface area contributed by atoms with Gasteiger partial charge in [0.1, 0.15) is 5.75 Å². The van der Waals surface area contributed by atoms with Crippen molar-refractivity contribution in [3.63, 3.8) is 0 Å². The maximum atomic E-state index is 13.8. The molecular formula is C26H27N3O7. The van der Waals surface area contributed by atoms with Crippen molar-refractivity contribution in [1.82, 2.24) is 4.57 Å². The molecule has 2 fully saturated rings. The van der Waals surface area contributed by atoms with Gasteiger partial charge in [0.2, 0.25) is 5.91 Å². The molecule has 0 radical (unpaired) electrons. The number of benzene rings is 1. The number of hydrogen-bond donors (Lipinski definition) is 3. The lowest BCUT2D eigenvalue weighted by molar-refractivity contribution is -0.175. The van der Waals surface area contributed by atoms with Gasteiger partial charge < -0.3 is 25.4 Å². The second-order valence-corrected chi connectivity index (χ2v) is 10.2. The van der Waals surface area contributed by atoms with E-state index in [9.17, 15) is 34.2 Å². The van der Waals surface area contributed by atoms with Crippen LogP contribution < -0.4 is 10.6 Å². The van der Waals surface area contributed by atoms with E-state index < -0.39 is 58.3 Å². The van der Waals surface area contributed by atoms with Crippen LogP contribution in [-0.2, 0) is 32.1 Å². The normalized spacial score (nSPS) is 29.4. The van der Waals surface area contributed by atoms with Crippen LogP contribution in [0.5, 0.6) is 5.75 Å². The topological polar surface area (TPSA) is 160 Å². The quantitative estimate of drug-likeness (QED) is 0.511. The molecule has 1 aromatic carbocycles. The van der Waals surface area contributed by atoms with Gasteiger partial charge >= 0.3 is 0 Å². The standard InChI is InChI=1S/C26H27N3O7/c1-28(2)16-9-13(11-29-5-3-4-6-29)21(31)19-15(16)8-12-7-14-10-17(30)20(25(27)35)24(34)26(14,36)23(33)18(12)22(19)32/h3-6,9,12,14,18,20,31,36H,7-8,10-11H2,1-2H3,(H2,27,35)/t12?,14?,18?,20?,26-/m0/s1. The highest BCUT2D eigenvalue weighted by atomic mass is 16.3. The van der Waals surface area contributed by atoms with Gasteiger partial charge in [-0.3, -0.25) is 24.0 Å². The van der Waals surface area contributed by atoms with Gasteiger partial charge in [-0.1, -0.05) is 0 Å². The second kappa shape index (κ2) is 8.12. The van der Waals surface area contributed by atoms with Gasteiger partial charge in [0.15, 0.2) is 34.7 Å². The van der Waals surface area contributed by atoms with Gasteiger partial charge in [0.25, 0.3) is 0 Å². The third-order valence-corrected chi connectivity index (χ3v) is 7.96. The van der Waals surface area contributed by atoms with E-state index >= 15 is 0 Å². The van der Waals surface area contributed by atoms with Gasteiger partial charge in [-0.15, -0.1) is 0 Å². The molecule has 10 heteroatoms. The van der Waals surface area contributed by atoms with E-state index in [1.165, 1.54) is 0 Å². The molecule has 4 N–H and O–H groups in total. The third kappa shape index (κ3) is 3.24. The number of hydrogen-bond acceptors (Lipinski definition) is 8. The highest BCUT2D eigenvalue weighted by Gasteiger charge is 2.66. The predicted octanol–water partition coefficient (Wildman–Crippen LogP) is 0.243. The summed E-state index contributed by atoms with van der Waals surface area (Å²) >= 11 is 0. The molecule has 1 amide bonds. The number of nitrogens with zero attached hydrogens (tertiary/aromatic N) is 2. The monoisotopic (exact) mass is 493 g/mol. The summed E-state index contributed by atoms with van der Waals surface area (Å²) < 4.78 is 1.83. The number of primary amides is 1. The number of phenols is 1. The number of carbonyl (C=O) groups is 5.